The number of aromatic nitrogens is 1. The molecule has 1 aromatic carbocycles. The van der Waals surface area contributed by atoms with Crippen LogP contribution in [0.25, 0.3) is 11.6 Å². The maximum atomic E-state index is 12.8. The summed E-state index contributed by atoms with van der Waals surface area (Å²) < 4.78 is 27.3. The van der Waals surface area contributed by atoms with E-state index in [1.54, 1.807) is 36.4 Å². The van der Waals surface area contributed by atoms with Gasteiger partial charge in [0.1, 0.15) is 0 Å². The fraction of sp³-hybridized carbons (Fsp3) is 0.0625. The van der Waals surface area contributed by atoms with Gasteiger partial charge >= 0.3 is 0 Å². The summed E-state index contributed by atoms with van der Waals surface area (Å²) >= 11 is 0. The number of carbonyl (C=O) groups excluding carboxylic acids is 1. The molecular weight excluding hydrogens is 344 g/mol. The molecule has 0 saturated carbocycles. The number of carbonyl (C=O) groups is 1. The monoisotopic (exact) mass is 360 g/mol. The van der Waals surface area contributed by atoms with Gasteiger partial charge < -0.3 is 5.73 Å². The predicted octanol–water partition coefficient (Wildman–Crippen LogP) is 1.24. The molecule has 9 heteroatoms. The van der Waals surface area contributed by atoms with Crippen molar-refractivity contribution in [1.82, 2.24) is 10.0 Å². The van der Waals surface area contributed by atoms with Gasteiger partial charge in [-0.2, -0.15) is 8.42 Å². The topological polar surface area (TPSA) is 126 Å². The van der Waals surface area contributed by atoms with Gasteiger partial charge in [-0.1, -0.05) is 36.4 Å². The van der Waals surface area contributed by atoms with Crippen LogP contribution in [0.2, 0.25) is 0 Å². The van der Waals surface area contributed by atoms with Gasteiger partial charge in [-0.25, -0.2) is 0 Å². The molecule has 8 nitrogen and oxygen atoms in total. The number of nitrogens with two attached hydrogens (primary N) is 1. The average molecular weight is 360 g/mol. The Bertz CT molecular complexity index is 896. The maximum Gasteiger partial charge on any atom is 0.286 e. The zero-order valence-electron chi connectivity index (χ0n) is 13.3. The summed E-state index contributed by atoms with van der Waals surface area (Å²) in [6.45, 7) is 0. The van der Waals surface area contributed by atoms with E-state index >= 15 is 0 Å². The molecule has 0 saturated heterocycles. The smallest absolute Gasteiger partial charge is 0.286 e. The summed E-state index contributed by atoms with van der Waals surface area (Å²) in [4.78, 5) is 16.7. The number of rotatable bonds is 5. The second kappa shape index (κ2) is 7.69. The highest BCUT2D eigenvalue weighted by atomic mass is 32.2. The molecule has 0 aliphatic carbocycles. The molecule has 0 unspecified atom stereocenters. The Labute approximate surface area is 145 Å². The Morgan fingerprint density at radius 1 is 1.24 bits per heavy atom. The van der Waals surface area contributed by atoms with Gasteiger partial charge in [0.15, 0.2) is 0 Å². The van der Waals surface area contributed by atoms with Crippen LogP contribution in [0.4, 0.5) is 0 Å². The largest absolute Gasteiger partial charge is 0.368 e. The SMILES string of the molecule is CS(=O)(=O)ON(C(=N)N)C(=O)/C(=C/c1ccccc1)c1cccnc1. The minimum absolute atomic E-state index is 0.0677. The normalized spacial score (nSPS) is 11.8. The third kappa shape index (κ3) is 5.23. The Hall–Kier alpha value is -3.04. The van der Waals surface area contributed by atoms with E-state index in [4.69, 9.17) is 11.1 Å². The zero-order valence-corrected chi connectivity index (χ0v) is 14.1. The minimum atomic E-state index is -4.06. The highest BCUT2D eigenvalue weighted by Crippen LogP contribution is 2.21. The van der Waals surface area contributed by atoms with E-state index in [-0.39, 0.29) is 10.6 Å². The van der Waals surface area contributed by atoms with Gasteiger partial charge in [-0.3, -0.25) is 15.2 Å². The Morgan fingerprint density at radius 3 is 2.44 bits per heavy atom. The number of hydroxylamine groups is 2. The average Bonchev–Trinajstić information content (AvgIpc) is 2.58. The lowest BCUT2D eigenvalue weighted by molar-refractivity contribution is -0.137. The summed E-state index contributed by atoms with van der Waals surface area (Å²) in [6, 6.07) is 12.2. The second-order valence-corrected chi connectivity index (χ2v) is 6.53. The number of guanidine groups is 1. The first-order valence-electron chi connectivity index (χ1n) is 7.03. The molecule has 130 valence electrons. The summed E-state index contributed by atoms with van der Waals surface area (Å²) in [5, 5.41) is 7.67. The first-order chi connectivity index (χ1) is 11.8. The van der Waals surface area contributed by atoms with Gasteiger partial charge in [0, 0.05) is 18.0 Å². The molecule has 1 heterocycles. The summed E-state index contributed by atoms with van der Waals surface area (Å²) in [5.41, 5.74) is 6.49. The summed E-state index contributed by atoms with van der Waals surface area (Å²) in [7, 11) is -4.06. The van der Waals surface area contributed by atoms with Crippen molar-refractivity contribution < 1.29 is 17.5 Å². The third-order valence-electron chi connectivity index (χ3n) is 2.93. The van der Waals surface area contributed by atoms with E-state index in [9.17, 15) is 13.2 Å². The van der Waals surface area contributed by atoms with Gasteiger partial charge in [0.05, 0.1) is 11.8 Å². The molecule has 2 rings (SSSR count). The molecule has 3 N–H and O–H groups in total. The predicted molar refractivity (Wildman–Crippen MR) is 93.2 cm³/mol. The lowest BCUT2D eigenvalue weighted by Crippen LogP contribution is -2.42. The highest BCUT2D eigenvalue weighted by Gasteiger charge is 2.27. The van der Waals surface area contributed by atoms with Crippen molar-refractivity contribution >= 4 is 33.6 Å². The molecule has 0 spiro atoms. The van der Waals surface area contributed by atoms with E-state index in [1.165, 1.54) is 18.5 Å². The fourth-order valence-electron chi connectivity index (χ4n) is 1.93. The van der Waals surface area contributed by atoms with E-state index in [2.05, 4.69) is 9.27 Å². The number of nitrogens with one attached hydrogen (secondary N) is 1. The highest BCUT2D eigenvalue weighted by molar-refractivity contribution is 7.85. The lowest BCUT2D eigenvalue weighted by atomic mass is 10.0. The van der Waals surface area contributed by atoms with Crippen LogP contribution in [0.5, 0.6) is 0 Å². The van der Waals surface area contributed by atoms with Crippen LogP contribution in [0.15, 0.2) is 54.9 Å². The first kappa shape index (κ1) is 18.3. The molecule has 25 heavy (non-hydrogen) atoms. The molecule has 2 aromatic rings. The van der Waals surface area contributed by atoms with Crippen molar-refractivity contribution in [3.63, 3.8) is 0 Å². The lowest BCUT2D eigenvalue weighted by Gasteiger charge is -2.19. The molecular formula is C16H16N4O4S. The second-order valence-electron chi connectivity index (χ2n) is 4.97. The van der Waals surface area contributed by atoms with E-state index < -0.39 is 22.0 Å². The molecule has 0 atom stereocenters. The zero-order chi connectivity index (χ0) is 18.4. The molecule has 1 amide bonds. The Kier molecular flexibility index (Phi) is 5.63. The van der Waals surface area contributed by atoms with Crippen molar-refractivity contribution in [2.24, 2.45) is 5.73 Å². The van der Waals surface area contributed by atoms with Crippen LogP contribution in [0.1, 0.15) is 11.1 Å². The molecule has 0 aliphatic rings. The van der Waals surface area contributed by atoms with Crippen LogP contribution in [0.3, 0.4) is 0 Å². The van der Waals surface area contributed by atoms with E-state index in [1.807, 2.05) is 6.07 Å². The van der Waals surface area contributed by atoms with Crippen LogP contribution >= 0.6 is 0 Å². The van der Waals surface area contributed by atoms with E-state index in [0.29, 0.717) is 11.1 Å². The van der Waals surface area contributed by atoms with Crippen LogP contribution in [0, 0.1) is 5.41 Å². The van der Waals surface area contributed by atoms with Crippen molar-refractivity contribution in [2.45, 2.75) is 0 Å². The molecule has 0 radical (unpaired) electrons. The summed E-state index contributed by atoms with van der Waals surface area (Å²) in [6.07, 6.45) is 5.25. The van der Waals surface area contributed by atoms with Crippen molar-refractivity contribution in [2.75, 3.05) is 6.26 Å². The Morgan fingerprint density at radius 2 is 1.92 bits per heavy atom. The van der Waals surface area contributed by atoms with Crippen molar-refractivity contribution in [1.29, 1.82) is 5.41 Å². The van der Waals surface area contributed by atoms with Crippen LogP contribution in [-0.2, 0) is 19.2 Å². The minimum Gasteiger partial charge on any atom is -0.368 e. The maximum absolute atomic E-state index is 12.8. The van der Waals surface area contributed by atoms with Crippen molar-refractivity contribution in [3.05, 3.63) is 66.0 Å². The number of pyridine rings is 1. The fourth-order valence-corrected chi connectivity index (χ4v) is 2.35. The van der Waals surface area contributed by atoms with Gasteiger partial charge in [0.2, 0.25) is 5.96 Å². The third-order valence-corrected chi connectivity index (χ3v) is 3.35. The number of nitrogens with zero attached hydrogens (tertiary/aromatic N) is 2. The van der Waals surface area contributed by atoms with Crippen LogP contribution < -0.4 is 5.73 Å². The number of hydrogen-bond acceptors (Lipinski definition) is 6. The Balaban J connectivity index is 2.53. The van der Waals surface area contributed by atoms with Crippen molar-refractivity contribution in [3.8, 4) is 0 Å². The number of hydrogen-bond donors (Lipinski definition) is 2. The molecule has 0 bridgehead atoms. The molecule has 0 aliphatic heterocycles. The summed E-state index contributed by atoms with van der Waals surface area (Å²) in [5.74, 6) is -1.77. The first-order valence-corrected chi connectivity index (χ1v) is 8.85. The van der Waals surface area contributed by atoms with Gasteiger partial charge in [-0.15, -0.1) is 9.35 Å². The molecule has 0 fully saturated rings. The van der Waals surface area contributed by atoms with E-state index in [0.717, 1.165) is 6.26 Å². The number of benzene rings is 1. The van der Waals surface area contributed by atoms with Crippen LogP contribution in [-0.4, -0.2) is 36.6 Å². The number of amides is 1. The van der Waals surface area contributed by atoms with Gasteiger partial charge in [-0.05, 0) is 17.7 Å². The molecule has 1 aromatic heterocycles. The quantitative estimate of drug-likeness (QED) is 0.357. The standard InChI is InChI=1S/C16H16N4O4S/c1-25(22,23)24-20(16(17)18)15(21)14(13-8-5-9-19-11-13)10-12-6-3-2-4-7-12/h2-11H,1H3,(H3,17,18)/b14-10+. The van der Waals surface area contributed by atoms with Gasteiger partial charge in [0.25, 0.3) is 16.0 Å².